The van der Waals surface area contributed by atoms with Gasteiger partial charge in [-0.05, 0) is 12.8 Å². The van der Waals surface area contributed by atoms with Crippen LogP contribution in [0.1, 0.15) is 39.0 Å². The highest BCUT2D eigenvalue weighted by atomic mass is 16.4. The van der Waals surface area contributed by atoms with E-state index < -0.39 is 5.97 Å². The van der Waals surface area contributed by atoms with Gasteiger partial charge >= 0.3 is 0 Å². The molecular weight excluding hydrogens is 196 g/mol. The molecule has 88 valence electrons. The number of rotatable bonds is 1. The Morgan fingerprint density at radius 2 is 1.80 bits per heavy atom. The molecule has 0 saturated heterocycles. The maximum Gasteiger partial charge on any atom is 0.300 e. The Kier molecular flexibility index (Phi) is 6.44. The number of aliphatic carboxylic acids is 1. The minimum absolute atomic E-state index is 0.0168. The zero-order valence-corrected chi connectivity index (χ0v) is 9.07. The molecule has 0 bridgehead atoms. The lowest BCUT2D eigenvalue weighted by Crippen LogP contribution is -2.49. The van der Waals surface area contributed by atoms with Crippen molar-refractivity contribution in [3.8, 4) is 0 Å². The number of carboxylic acids is 1. The molecule has 0 heterocycles. The standard InChI is InChI=1S/C7H16N4.C2H4O2/c8-7(9)11(10)6-4-2-1-3-5-6;1-2(3)4/h6H,1-5,10H2,(H3,8,9);1H3,(H,3,4). The van der Waals surface area contributed by atoms with Gasteiger partial charge in [0.1, 0.15) is 0 Å². The van der Waals surface area contributed by atoms with Crippen molar-refractivity contribution in [1.82, 2.24) is 5.01 Å². The van der Waals surface area contributed by atoms with E-state index in [1.54, 1.807) is 0 Å². The van der Waals surface area contributed by atoms with Crippen molar-refractivity contribution < 1.29 is 9.90 Å². The summed E-state index contributed by atoms with van der Waals surface area (Å²) in [6.45, 7) is 1.08. The number of carboxylic acid groups (broad SMARTS) is 1. The van der Waals surface area contributed by atoms with Gasteiger partial charge in [-0.2, -0.15) is 0 Å². The summed E-state index contributed by atoms with van der Waals surface area (Å²) >= 11 is 0. The van der Waals surface area contributed by atoms with Crippen LogP contribution in [-0.2, 0) is 4.79 Å². The van der Waals surface area contributed by atoms with Crippen molar-refractivity contribution in [3.05, 3.63) is 0 Å². The molecule has 0 aromatic heterocycles. The molecule has 0 radical (unpaired) electrons. The highest BCUT2D eigenvalue weighted by Crippen LogP contribution is 2.20. The number of nitrogens with zero attached hydrogens (tertiary/aromatic N) is 1. The maximum atomic E-state index is 9.00. The largest absolute Gasteiger partial charge is 0.481 e. The summed E-state index contributed by atoms with van der Waals surface area (Å²) in [5.74, 6) is 4.72. The van der Waals surface area contributed by atoms with Crippen molar-refractivity contribution in [2.75, 3.05) is 0 Å². The summed E-state index contributed by atoms with van der Waals surface area (Å²) in [4.78, 5) is 9.00. The summed E-state index contributed by atoms with van der Waals surface area (Å²) in [6.07, 6.45) is 5.88. The van der Waals surface area contributed by atoms with E-state index in [2.05, 4.69) is 0 Å². The first kappa shape index (κ1) is 13.7. The van der Waals surface area contributed by atoms with Crippen molar-refractivity contribution >= 4 is 11.9 Å². The third-order valence-electron chi connectivity index (χ3n) is 2.25. The Balaban J connectivity index is 0.000000423. The van der Waals surface area contributed by atoms with Crippen LogP contribution in [0.2, 0.25) is 0 Å². The molecule has 15 heavy (non-hydrogen) atoms. The van der Waals surface area contributed by atoms with E-state index in [0.717, 1.165) is 19.8 Å². The lowest BCUT2D eigenvalue weighted by atomic mass is 9.95. The van der Waals surface area contributed by atoms with E-state index in [-0.39, 0.29) is 5.96 Å². The lowest BCUT2D eigenvalue weighted by molar-refractivity contribution is -0.134. The molecule has 1 aliphatic rings. The van der Waals surface area contributed by atoms with Gasteiger partial charge in [-0.25, -0.2) is 5.84 Å². The van der Waals surface area contributed by atoms with Gasteiger partial charge < -0.3 is 10.8 Å². The Hall–Kier alpha value is -1.30. The summed E-state index contributed by atoms with van der Waals surface area (Å²) in [5.41, 5.74) is 5.25. The van der Waals surface area contributed by atoms with E-state index in [4.69, 9.17) is 26.9 Å². The zero-order valence-electron chi connectivity index (χ0n) is 9.07. The van der Waals surface area contributed by atoms with Crippen molar-refractivity contribution in [2.24, 2.45) is 11.6 Å². The molecule has 1 saturated carbocycles. The number of nitrogens with one attached hydrogen (secondary N) is 1. The van der Waals surface area contributed by atoms with Crippen LogP contribution in [0.25, 0.3) is 0 Å². The summed E-state index contributed by atoms with van der Waals surface area (Å²) in [7, 11) is 0. The second kappa shape index (κ2) is 7.05. The van der Waals surface area contributed by atoms with Crippen LogP contribution in [0.5, 0.6) is 0 Å². The number of hydrazine groups is 1. The van der Waals surface area contributed by atoms with Crippen molar-refractivity contribution in [1.29, 1.82) is 5.41 Å². The summed E-state index contributed by atoms with van der Waals surface area (Å²) < 4.78 is 0. The second-order valence-electron chi connectivity index (χ2n) is 3.60. The third kappa shape index (κ3) is 6.73. The van der Waals surface area contributed by atoms with Gasteiger partial charge in [0.15, 0.2) is 0 Å². The fourth-order valence-corrected chi connectivity index (χ4v) is 1.56. The van der Waals surface area contributed by atoms with Crippen LogP contribution < -0.4 is 11.6 Å². The smallest absolute Gasteiger partial charge is 0.300 e. The molecule has 6 nitrogen and oxygen atoms in total. The first-order valence-corrected chi connectivity index (χ1v) is 5.02. The van der Waals surface area contributed by atoms with Gasteiger partial charge in [-0.15, -0.1) is 0 Å². The van der Waals surface area contributed by atoms with E-state index in [0.29, 0.717) is 6.04 Å². The Bertz CT molecular complexity index is 210. The fourth-order valence-electron chi connectivity index (χ4n) is 1.56. The molecule has 0 aromatic carbocycles. The average molecular weight is 216 g/mol. The van der Waals surface area contributed by atoms with Crippen LogP contribution in [-0.4, -0.2) is 28.1 Å². The molecular formula is C9H20N4O2. The topological polar surface area (TPSA) is 116 Å². The average Bonchev–Trinajstić information content (AvgIpc) is 2.17. The minimum Gasteiger partial charge on any atom is -0.481 e. The van der Waals surface area contributed by atoms with Crippen molar-refractivity contribution in [2.45, 2.75) is 45.1 Å². The van der Waals surface area contributed by atoms with Crippen LogP contribution in [0.3, 0.4) is 0 Å². The normalized spacial score (nSPS) is 16.1. The molecule has 0 unspecified atom stereocenters. The zero-order chi connectivity index (χ0) is 11.8. The van der Waals surface area contributed by atoms with Gasteiger partial charge in [0.05, 0.1) is 0 Å². The second-order valence-corrected chi connectivity index (χ2v) is 3.60. The quantitative estimate of drug-likeness (QED) is 0.220. The minimum atomic E-state index is -0.833. The van der Waals surface area contributed by atoms with Crippen molar-refractivity contribution in [3.63, 3.8) is 0 Å². The molecule has 0 aromatic rings. The van der Waals surface area contributed by atoms with E-state index in [1.165, 1.54) is 24.3 Å². The van der Waals surface area contributed by atoms with Crippen LogP contribution in [0.4, 0.5) is 0 Å². The predicted octanol–water partition coefficient (Wildman–Crippen LogP) is 0.479. The monoisotopic (exact) mass is 216 g/mol. The summed E-state index contributed by atoms with van der Waals surface area (Å²) in [5, 5.41) is 15.9. The molecule has 1 rings (SSSR count). The highest BCUT2D eigenvalue weighted by molar-refractivity contribution is 5.74. The number of hydrogen-bond acceptors (Lipinski definition) is 3. The maximum absolute atomic E-state index is 9.00. The number of nitrogens with two attached hydrogens (primary N) is 2. The van der Waals surface area contributed by atoms with Gasteiger partial charge in [0, 0.05) is 13.0 Å². The Morgan fingerprint density at radius 1 is 1.40 bits per heavy atom. The van der Waals surface area contributed by atoms with Crippen LogP contribution in [0.15, 0.2) is 0 Å². The molecule has 0 aliphatic heterocycles. The van der Waals surface area contributed by atoms with E-state index in [9.17, 15) is 0 Å². The molecule has 1 fully saturated rings. The Labute approximate surface area is 89.7 Å². The van der Waals surface area contributed by atoms with Crippen LogP contribution >= 0.6 is 0 Å². The summed E-state index contributed by atoms with van der Waals surface area (Å²) in [6, 6.07) is 0.307. The third-order valence-corrected chi connectivity index (χ3v) is 2.25. The van der Waals surface area contributed by atoms with Gasteiger partial charge in [-0.1, -0.05) is 19.3 Å². The first-order valence-electron chi connectivity index (χ1n) is 5.02. The lowest BCUT2D eigenvalue weighted by Gasteiger charge is -2.30. The molecule has 0 amide bonds. The fraction of sp³-hybridized carbons (Fsp3) is 0.778. The van der Waals surface area contributed by atoms with Gasteiger partial charge in [0.25, 0.3) is 5.97 Å². The molecule has 6 N–H and O–H groups in total. The van der Waals surface area contributed by atoms with Gasteiger partial charge in [-0.3, -0.25) is 15.2 Å². The van der Waals surface area contributed by atoms with Crippen LogP contribution in [0, 0.1) is 5.41 Å². The molecule has 6 heteroatoms. The predicted molar refractivity (Wildman–Crippen MR) is 58.1 cm³/mol. The van der Waals surface area contributed by atoms with E-state index >= 15 is 0 Å². The van der Waals surface area contributed by atoms with E-state index in [1.807, 2.05) is 0 Å². The molecule has 0 spiro atoms. The Morgan fingerprint density at radius 3 is 2.13 bits per heavy atom. The SMILES string of the molecule is CC(=O)O.N=C(N)N(N)C1CCCCC1. The highest BCUT2D eigenvalue weighted by Gasteiger charge is 2.18. The molecule has 1 aliphatic carbocycles. The first-order chi connectivity index (χ1) is 6.95. The number of hydrogen-bond donors (Lipinski definition) is 4. The molecule has 0 atom stereocenters. The van der Waals surface area contributed by atoms with Gasteiger partial charge in [0.2, 0.25) is 5.96 Å². The number of guanidine groups is 1. The number of carbonyl (C=O) groups is 1.